The molecule has 0 bridgehead atoms. The molecule has 0 atom stereocenters. The van der Waals surface area contributed by atoms with Crippen molar-refractivity contribution in [1.82, 2.24) is 9.97 Å². The van der Waals surface area contributed by atoms with Crippen LogP contribution in [0.2, 0.25) is 0 Å². The first kappa shape index (κ1) is 18.3. The Hall–Kier alpha value is -2.45. The largest absolute Gasteiger partial charge is 0.493 e. The van der Waals surface area contributed by atoms with Crippen LogP contribution in [0.4, 0.5) is 5.13 Å². The third kappa shape index (κ3) is 4.03. The number of methoxy groups -OCH3 is 1. The smallest absolute Gasteiger partial charge is 0.257 e. The third-order valence-corrected chi connectivity index (χ3v) is 4.81. The first-order valence-corrected chi connectivity index (χ1v) is 9.47. The molecule has 0 aliphatic rings. The molecule has 0 radical (unpaired) electrons. The highest BCUT2D eigenvalue weighted by molar-refractivity contribution is 9.10. The van der Waals surface area contributed by atoms with E-state index in [-0.39, 0.29) is 5.91 Å². The monoisotopic (exact) mass is 433 g/mol. The Bertz CT molecular complexity index is 915. The number of pyridine rings is 1. The van der Waals surface area contributed by atoms with Crippen molar-refractivity contribution in [3.8, 4) is 22.8 Å². The fourth-order valence-corrected chi connectivity index (χ4v) is 3.55. The molecule has 1 aromatic carbocycles. The molecule has 26 heavy (non-hydrogen) atoms. The van der Waals surface area contributed by atoms with Crippen LogP contribution in [0.5, 0.6) is 11.5 Å². The van der Waals surface area contributed by atoms with Crippen molar-refractivity contribution < 1.29 is 14.3 Å². The predicted molar refractivity (Wildman–Crippen MR) is 105 cm³/mol. The Labute approximate surface area is 163 Å². The number of anilines is 1. The number of hydrogen-bond acceptors (Lipinski definition) is 6. The molecule has 3 rings (SSSR count). The van der Waals surface area contributed by atoms with Gasteiger partial charge in [0.2, 0.25) is 0 Å². The van der Waals surface area contributed by atoms with Gasteiger partial charge in [-0.25, -0.2) is 4.98 Å². The number of amides is 1. The molecule has 0 spiro atoms. The fraction of sp³-hybridized carbons (Fsp3) is 0.167. The van der Waals surface area contributed by atoms with Gasteiger partial charge in [-0.05, 0) is 47.1 Å². The van der Waals surface area contributed by atoms with Crippen LogP contribution in [0.1, 0.15) is 17.3 Å². The van der Waals surface area contributed by atoms with Gasteiger partial charge in [0, 0.05) is 28.9 Å². The standard InChI is InChI=1S/C18H16BrN3O3S/c1-3-25-16-13(19)7-12(8-15(16)24-2)17(23)22-18-21-14(10-26-18)11-5-4-6-20-9-11/h4-10H,3H2,1-2H3,(H,21,22,23). The fourth-order valence-electron chi connectivity index (χ4n) is 2.28. The summed E-state index contributed by atoms with van der Waals surface area (Å²) in [4.78, 5) is 21.1. The Morgan fingerprint density at radius 2 is 2.23 bits per heavy atom. The molecule has 0 aliphatic carbocycles. The molecular weight excluding hydrogens is 418 g/mol. The maximum Gasteiger partial charge on any atom is 0.257 e. The van der Waals surface area contributed by atoms with Gasteiger partial charge < -0.3 is 9.47 Å². The lowest BCUT2D eigenvalue weighted by Gasteiger charge is -2.13. The molecule has 1 amide bonds. The maximum atomic E-state index is 12.6. The van der Waals surface area contributed by atoms with Crippen molar-refractivity contribution >= 4 is 38.3 Å². The zero-order valence-corrected chi connectivity index (χ0v) is 16.6. The summed E-state index contributed by atoms with van der Waals surface area (Å²) in [6.45, 7) is 2.38. The number of nitrogens with zero attached hydrogens (tertiary/aromatic N) is 2. The molecular formula is C18H16BrN3O3S. The highest BCUT2D eigenvalue weighted by Crippen LogP contribution is 2.37. The van der Waals surface area contributed by atoms with E-state index in [1.54, 1.807) is 24.5 Å². The number of benzene rings is 1. The van der Waals surface area contributed by atoms with Gasteiger partial charge in [-0.1, -0.05) is 0 Å². The van der Waals surface area contributed by atoms with Gasteiger partial charge in [0.1, 0.15) is 0 Å². The molecule has 1 N–H and O–H groups in total. The number of halogens is 1. The van der Waals surface area contributed by atoms with E-state index in [0.29, 0.717) is 33.3 Å². The average molecular weight is 434 g/mol. The van der Waals surface area contributed by atoms with E-state index in [0.717, 1.165) is 11.3 Å². The van der Waals surface area contributed by atoms with Crippen LogP contribution < -0.4 is 14.8 Å². The normalized spacial score (nSPS) is 10.4. The summed E-state index contributed by atoms with van der Waals surface area (Å²) in [6, 6.07) is 7.10. The first-order valence-electron chi connectivity index (χ1n) is 7.80. The summed E-state index contributed by atoms with van der Waals surface area (Å²) in [5.74, 6) is 0.778. The molecule has 3 aromatic rings. The minimum absolute atomic E-state index is 0.279. The maximum absolute atomic E-state index is 12.6. The van der Waals surface area contributed by atoms with Crippen molar-refractivity contribution in [1.29, 1.82) is 0 Å². The van der Waals surface area contributed by atoms with E-state index in [1.807, 2.05) is 24.4 Å². The Balaban J connectivity index is 1.80. The van der Waals surface area contributed by atoms with E-state index in [1.165, 1.54) is 18.4 Å². The Morgan fingerprint density at radius 3 is 2.92 bits per heavy atom. The number of nitrogens with one attached hydrogen (secondary N) is 1. The second-order valence-corrected chi connectivity index (χ2v) is 6.87. The third-order valence-electron chi connectivity index (χ3n) is 3.46. The number of ether oxygens (including phenoxy) is 2. The van der Waals surface area contributed by atoms with Gasteiger partial charge in [0.25, 0.3) is 5.91 Å². The molecule has 2 aromatic heterocycles. The van der Waals surface area contributed by atoms with E-state index >= 15 is 0 Å². The minimum atomic E-state index is -0.279. The number of carbonyl (C=O) groups excluding carboxylic acids is 1. The highest BCUT2D eigenvalue weighted by atomic mass is 79.9. The zero-order valence-electron chi connectivity index (χ0n) is 14.2. The van der Waals surface area contributed by atoms with E-state index in [4.69, 9.17) is 9.47 Å². The molecule has 0 unspecified atom stereocenters. The summed E-state index contributed by atoms with van der Waals surface area (Å²) >= 11 is 4.78. The lowest BCUT2D eigenvalue weighted by molar-refractivity contribution is 0.102. The number of carbonyl (C=O) groups is 1. The summed E-state index contributed by atoms with van der Waals surface area (Å²) in [7, 11) is 1.53. The van der Waals surface area contributed by atoms with E-state index < -0.39 is 0 Å². The molecule has 0 saturated carbocycles. The SMILES string of the molecule is CCOc1c(Br)cc(C(=O)Nc2nc(-c3cccnc3)cs2)cc1OC. The van der Waals surface area contributed by atoms with Crippen LogP contribution in [0, 0.1) is 0 Å². The van der Waals surface area contributed by atoms with Crippen molar-refractivity contribution in [3.63, 3.8) is 0 Å². The van der Waals surface area contributed by atoms with Crippen molar-refractivity contribution in [2.45, 2.75) is 6.92 Å². The van der Waals surface area contributed by atoms with Gasteiger partial charge in [-0.15, -0.1) is 11.3 Å². The Kier molecular flexibility index (Phi) is 5.85. The van der Waals surface area contributed by atoms with Crippen molar-refractivity contribution in [3.05, 3.63) is 52.1 Å². The van der Waals surface area contributed by atoms with Crippen LogP contribution in [0.15, 0.2) is 46.5 Å². The number of rotatable bonds is 6. The first-order chi connectivity index (χ1) is 12.6. The van der Waals surface area contributed by atoms with Crippen LogP contribution in [-0.4, -0.2) is 29.6 Å². The quantitative estimate of drug-likeness (QED) is 0.613. The highest BCUT2D eigenvalue weighted by Gasteiger charge is 2.16. The van der Waals surface area contributed by atoms with Gasteiger partial charge >= 0.3 is 0 Å². The summed E-state index contributed by atoms with van der Waals surface area (Å²) in [5.41, 5.74) is 2.11. The van der Waals surface area contributed by atoms with Gasteiger partial charge in [-0.2, -0.15) is 0 Å². The predicted octanol–water partition coefficient (Wildman–Crippen LogP) is 4.63. The van der Waals surface area contributed by atoms with Gasteiger partial charge in [0.05, 0.1) is 23.9 Å². The second kappa shape index (κ2) is 8.29. The topological polar surface area (TPSA) is 73.3 Å². The number of thiazole rings is 1. The number of hydrogen-bond donors (Lipinski definition) is 1. The molecule has 134 valence electrons. The van der Waals surface area contributed by atoms with Gasteiger partial charge in [-0.3, -0.25) is 15.1 Å². The second-order valence-electron chi connectivity index (χ2n) is 5.16. The zero-order chi connectivity index (χ0) is 18.5. The molecule has 6 nitrogen and oxygen atoms in total. The van der Waals surface area contributed by atoms with Crippen LogP contribution in [0.3, 0.4) is 0 Å². The average Bonchev–Trinajstić information content (AvgIpc) is 3.12. The minimum Gasteiger partial charge on any atom is -0.493 e. The molecule has 0 aliphatic heterocycles. The van der Waals surface area contributed by atoms with Crippen molar-refractivity contribution in [2.24, 2.45) is 0 Å². The van der Waals surface area contributed by atoms with E-state index in [2.05, 4.69) is 31.2 Å². The summed E-state index contributed by atoms with van der Waals surface area (Å²) in [5, 5.41) is 5.20. The molecule has 0 saturated heterocycles. The van der Waals surface area contributed by atoms with Crippen LogP contribution in [-0.2, 0) is 0 Å². The molecule has 8 heteroatoms. The van der Waals surface area contributed by atoms with Crippen LogP contribution >= 0.6 is 27.3 Å². The Morgan fingerprint density at radius 1 is 1.38 bits per heavy atom. The van der Waals surface area contributed by atoms with E-state index in [9.17, 15) is 4.79 Å². The van der Waals surface area contributed by atoms with Crippen molar-refractivity contribution in [2.75, 3.05) is 19.0 Å². The lowest BCUT2D eigenvalue weighted by atomic mass is 10.2. The van der Waals surface area contributed by atoms with Crippen LogP contribution in [0.25, 0.3) is 11.3 Å². The summed E-state index contributed by atoms with van der Waals surface area (Å²) < 4.78 is 11.5. The summed E-state index contributed by atoms with van der Waals surface area (Å²) in [6.07, 6.45) is 3.44. The molecule has 0 fully saturated rings. The molecule has 2 heterocycles. The number of aromatic nitrogens is 2. The van der Waals surface area contributed by atoms with Gasteiger partial charge in [0.15, 0.2) is 16.6 Å². The lowest BCUT2D eigenvalue weighted by Crippen LogP contribution is -2.12.